The number of amides is 2. The van der Waals surface area contributed by atoms with Gasteiger partial charge in [0.15, 0.2) is 0 Å². The average Bonchev–Trinajstić information content (AvgIpc) is 2.40. The Balaban J connectivity index is 2.65. The fraction of sp³-hybridized carbons (Fsp3) is 0.500. The largest absolute Gasteiger partial charge is 0.494 e. The van der Waals surface area contributed by atoms with Gasteiger partial charge in [-0.1, -0.05) is 17.7 Å². The number of aryl methyl sites for hydroxylation is 1. The van der Waals surface area contributed by atoms with Crippen LogP contribution < -0.4 is 15.4 Å². The van der Waals surface area contributed by atoms with E-state index < -0.39 is 0 Å². The van der Waals surface area contributed by atoms with E-state index in [9.17, 15) is 9.59 Å². The lowest BCUT2D eigenvalue weighted by Gasteiger charge is -2.19. The van der Waals surface area contributed by atoms with Crippen molar-refractivity contribution >= 4 is 11.8 Å². The molecule has 0 aliphatic heterocycles. The van der Waals surface area contributed by atoms with Gasteiger partial charge >= 0.3 is 6.03 Å². The van der Waals surface area contributed by atoms with Crippen LogP contribution in [0.3, 0.4) is 0 Å². The highest BCUT2D eigenvalue weighted by molar-refractivity contribution is 5.78. The third kappa shape index (κ3) is 5.85. The Morgan fingerprint density at radius 3 is 2.67 bits per heavy atom. The molecule has 0 radical (unpaired) electrons. The minimum absolute atomic E-state index is 0.0562. The molecule has 0 aromatic heterocycles. The first kappa shape index (κ1) is 17.0. The lowest BCUT2D eigenvalue weighted by Crippen LogP contribution is -2.38. The summed E-state index contributed by atoms with van der Waals surface area (Å²) >= 11 is 0. The molecule has 0 aliphatic rings. The highest BCUT2D eigenvalue weighted by Crippen LogP contribution is 2.26. The van der Waals surface area contributed by atoms with Crippen molar-refractivity contribution in [1.29, 1.82) is 0 Å². The van der Waals surface area contributed by atoms with Crippen molar-refractivity contribution in [3.63, 3.8) is 0 Å². The van der Waals surface area contributed by atoms with Gasteiger partial charge in [0.05, 0.1) is 12.6 Å². The molecule has 0 saturated carbocycles. The quantitative estimate of drug-likeness (QED) is 0.812. The first-order valence-electron chi connectivity index (χ1n) is 7.21. The summed E-state index contributed by atoms with van der Waals surface area (Å²) in [5.74, 6) is 0.834. The van der Waals surface area contributed by atoms with Gasteiger partial charge in [-0.25, -0.2) is 4.79 Å². The molecule has 1 atom stereocenters. The Labute approximate surface area is 126 Å². The Bertz CT molecular complexity index is 500. The van der Waals surface area contributed by atoms with E-state index in [4.69, 9.17) is 4.74 Å². The predicted molar refractivity (Wildman–Crippen MR) is 82.6 cm³/mol. The van der Waals surface area contributed by atoms with Crippen molar-refractivity contribution in [2.45, 2.75) is 40.2 Å². The van der Waals surface area contributed by atoms with Crippen molar-refractivity contribution in [1.82, 2.24) is 10.6 Å². The van der Waals surface area contributed by atoms with Crippen LogP contribution in [-0.2, 0) is 4.79 Å². The Morgan fingerprint density at radius 1 is 1.33 bits per heavy atom. The van der Waals surface area contributed by atoms with Crippen molar-refractivity contribution in [3.8, 4) is 5.75 Å². The Kier molecular flexibility index (Phi) is 6.72. The van der Waals surface area contributed by atoms with E-state index in [1.165, 1.54) is 6.92 Å². The predicted octanol–water partition coefficient (Wildman–Crippen LogP) is 2.73. The molecule has 5 nitrogen and oxygen atoms in total. The zero-order valence-corrected chi connectivity index (χ0v) is 13.2. The zero-order chi connectivity index (χ0) is 15.8. The Hall–Kier alpha value is -2.04. The summed E-state index contributed by atoms with van der Waals surface area (Å²) in [6.07, 6.45) is 0.344. The van der Waals surface area contributed by atoms with Crippen molar-refractivity contribution in [3.05, 3.63) is 29.3 Å². The van der Waals surface area contributed by atoms with E-state index in [2.05, 4.69) is 10.6 Å². The van der Waals surface area contributed by atoms with E-state index in [0.29, 0.717) is 19.6 Å². The molecule has 0 saturated heterocycles. The van der Waals surface area contributed by atoms with Crippen molar-refractivity contribution < 1.29 is 14.3 Å². The third-order valence-corrected chi connectivity index (χ3v) is 3.04. The number of nitrogens with one attached hydrogen (secondary N) is 2. The number of ether oxygens (including phenoxy) is 1. The van der Waals surface area contributed by atoms with Crippen LogP contribution in [0.5, 0.6) is 5.75 Å². The number of rotatable bonds is 7. The van der Waals surface area contributed by atoms with Gasteiger partial charge in [0.25, 0.3) is 0 Å². The fourth-order valence-corrected chi connectivity index (χ4v) is 1.97. The average molecular weight is 292 g/mol. The number of hydrogen-bond donors (Lipinski definition) is 2. The summed E-state index contributed by atoms with van der Waals surface area (Å²) in [5, 5.41) is 5.52. The summed E-state index contributed by atoms with van der Waals surface area (Å²) in [4.78, 5) is 22.6. The second-order valence-corrected chi connectivity index (χ2v) is 5.05. The van der Waals surface area contributed by atoms with Crippen LogP contribution >= 0.6 is 0 Å². The number of Topliss-reactive ketones (excluding diaryl/α,β-unsaturated/α-hetero) is 1. The highest BCUT2D eigenvalue weighted by Gasteiger charge is 2.14. The zero-order valence-electron chi connectivity index (χ0n) is 13.2. The van der Waals surface area contributed by atoms with E-state index in [1.54, 1.807) is 0 Å². The fourth-order valence-electron chi connectivity index (χ4n) is 1.97. The van der Waals surface area contributed by atoms with Crippen molar-refractivity contribution in [2.24, 2.45) is 0 Å². The normalized spacial score (nSPS) is 11.6. The highest BCUT2D eigenvalue weighted by atomic mass is 16.5. The summed E-state index contributed by atoms with van der Waals surface area (Å²) < 4.78 is 5.59. The number of benzene rings is 1. The van der Waals surface area contributed by atoms with E-state index >= 15 is 0 Å². The van der Waals surface area contributed by atoms with E-state index in [0.717, 1.165) is 16.9 Å². The second kappa shape index (κ2) is 8.29. The first-order chi connectivity index (χ1) is 9.93. The minimum Gasteiger partial charge on any atom is -0.494 e. The molecular formula is C16H24N2O3. The van der Waals surface area contributed by atoms with Gasteiger partial charge in [0.1, 0.15) is 11.5 Å². The van der Waals surface area contributed by atoms with Gasteiger partial charge < -0.3 is 15.4 Å². The number of carbonyl (C=O) groups is 2. The van der Waals surface area contributed by atoms with Gasteiger partial charge in [-0.2, -0.15) is 0 Å². The molecule has 0 aliphatic carbocycles. The van der Waals surface area contributed by atoms with Gasteiger partial charge in [-0.05, 0) is 33.8 Å². The molecule has 1 rings (SSSR count). The summed E-state index contributed by atoms with van der Waals surface area (Å²) in [7, 11) is 0. The van der Waals surface area contributed by atoms with Crippen LogP contribution in [0.4, 0.5) is 4.79 Å². The lowest BCUT2D eigenvalue weighted by molar-refractivity contribution is -0.116. The number of urea groups is 1. The molecule has 2 N–H and O–H groups in total. The van der Waals surface area contributed by atoms with E-state index in [1.807, 2.05) is 39.0 Å². The maximum Gasteiger partial charge on any atom is 0.315 e. The van der Waals surface area contributed by atoms with E-state index in [-0.39, 0.29) is 17.9 Å². The first-order valence-corrected chi connectivity index (χ1v) is 7.21. The summed E-state index contributed by atoms with van der Waals surface area (Å²) in [6.45, 7) is 8.26. The molecule has 0 fully saturated rings. The third-order valence-electron chi connectivity index (χ3n) is 3.04. The standard InChI is InChI=1S/C16H24N2O3/c1-5-21-15-7-6-11(2)10-14(15)13(4)18-16(20)17-9-8-12(3)19/h6-7,10,13H,5,8-9H2,1-4H3,(H2,17,18,20). The lowest BCUT2D eigenvalue weighted by atomic mass is 10.0. The number of hydrogen-bond acceptors (Lipinski definition) is 3. The maximum atomic E-state index is 11.8. The SMILES string of the molecule is CCOc1ccc(C)cc1C(C)NC(=O)NCCC(C)=O. The molecule has 21 heavy (non-hydrogen) atoms. The molecular weight excluding hydrogens is 268 g/mol. The van der Waals surface area contributed by atoms with Crippen LogP contribution in [0.1, 0.15) is 44.4 Å². The summed E-state index contributed by atoms with van der Waals surface area (Å²) in [5.41, 5.74) is 2.05. The van der Waals surface area contributed by atoms with Gasteiger partial charge in [0.2, 0.25) is 0 Å². The van der Waals surface area contributed by atoms with Crippen molar-refractivity contribution in [2.75, 3.05) is 13.2 Å². The molecule has 5 heteroatoms. The second-order valence-electron chi connectivity index (χ2n) is 5.05. The van der Waals surface area contributed by atoms with Gasteiger partial charge in [-0.15, -0.1) is 0 Å². The van der Waals surface area contributed by atoms with Gasteiger partial charge in [-0.3, -0.25) is 4.79 Å². The topological polar surface area (TPSA) is 67.4 Å². The van der Waals surface area contributed by atoms with Gasteiger partial charge in [0, 0.05) is 18.5 Å². The Morgan fingerprint density at radius 2 is 2.05 bits per heavy atom. The van der Waals surface area contributed by atoms with Crippen LogP contribution in [0.25, 0.3) is 0 Å². The summed E-state index contributed by atoms with van der Waals surface area (Å²) in [6, 6.07) is 5.44. The molecule has 0 spiro atoms. The molecule has 2 amide bonds. The molecule has 116 valence electrons. The van der Waals surface area contributed by atoms with Crippen LogP contribution in [-0.4, -0.2) is 25.0 Å². The number of ketones is 1. The molecule has 1 unspecified atom stereocenters. The monoisotopic (exact) mass is 292 g/mol. The number of carbonyl (C=O) groups excluding carboxylic acids is 2. The van der Waals surface area contributed by atoms with Crippen LogP contribution in [0.15, 0.2) is 18.2 Å². The van der Waals surface area contributed by atoms with Crippen LogP contribution in [0.2, 0.25) is 0 Å². The molecule has 1 aromatic rings. The molecule has 0 bridgehead atoms. The minimum atomic E-state index is -0.285. The smallest absolute Gasteiger partial charge is 0.315 e. The molecule has 1 aromatic carbocycles. The maximum absolute atomic E-state index is 11.8. The molecule has 0 heterocycles. The van der Waals surface area contributed by atoms with Crippen LogP contribution in [0, 0.1) is 6.92 Å².